The predicted octanol–water partition coefficient (Wildman–Crippen LogP) is 2.06. The van der Waals surface area contributed by atoms with Gasteiger partial charge in [-0.2, -0.15) is 4.98 Å². The largest absolute Gasteiger partial charge is 0.396 e. The van der Waals surface area contributed by atoms with Gasteiger partial charge in [0.1, 0.15) is 5.65 Å². The van der Waals surface area contributed by atoms with Crippen LogP contribution in [0.2, 0.25) is 0 Å². The fourth-order valence-corrected chi connectivity index (χ4v) is 5.79. The van der Waals surface area contributed by atoms with Crippen LogP contribution in [0.5, 0.6) is 0 Å². The van der Waals surface area contributed by atoms with Crippen LogP contribution in [0.15, 0.2) is 17.1 Å². The van der Waals surface area contributed by atoms with Crippen LogP contribution in [0.4, 0.5) is 5.95 Å². The first-order valence-corrected chi connectivity index (χ1v) is 13.5. The molecule has 0 bridgehead atoms. The Balaban J connectivity index is 1.64. The van der Waals surface area contributed by atoms with Gasteiger partial charge >= 0.3 is 0 Å². The third-order valence-electron chi connectivity index (χ3n) is 6.67. The highest BCUT2D eigenvalue weighted by Gasteiger charge is 2.26. The normalized spacial score (nSPS) is 19.8. The van der Waals surface area contributed by atoms with Crippen LogP contribution in [-0.4, -0.2) is 64.4 Å². The van der Waals surface area contributed by atoms with Gasteiger partial charge in [-0.1, -0.05) is 25.7 Å². The minimum atomic E-state index is -3.17. The zero-order chi connectivity index (χ0) is 22.7. The van der Waals surface area contributed by atoms with E-state index in [4.69, 9.17) is 4.98 Å². The van der Waals surface area contributed by atoms with E-state index in [2.05, 4.69) is 10.3 Å². The molecule has 2 N–H and O–H groups in total. The van der Waals surface area contributed by atoms with Gasteiger partial charge in [0.05, 0.1) is 6.26 Å². The summed E-state index contributed by atoms with van der Waals surface area (Å²) in [5, 5.41) is 13.6. The second-order valence-corrected chi connectivity index (χ2v) is 11.0. The minimum Gasteiger partial charge on any atom is -0.396 e. The summed E-state index contributed by atoms with van der Waals surface area (Å²) >= 11 is 0. The molecule has 0 amide bonds. The minimum absolute atomic E-state index is 0.0652. The summed E-state index contributed by atoms with van der Waals surface area (Å²) in [5.41, 5.74) is 1.17. The quantitative estimate of drug-likeness (QED) is 0.630. The fourth-order valence-electron chi connectivity index (χ4n) is 4.92. The summed E-state index contributed by atoms with van der Waals surface area (Å²) in [6, 6.07) is 1.99. The molecule has 4 rings (SSSR count). The lowest BCUT2D eigenvalue weighted by molar-refractivity contribution is 0.298. The Morgan fingerprint density at radius 1 is 1.12 bits per heavy atom. The van der Waals surface area contributed by atoms with Crippen molar-refractivity contribution in [1.82, 2.24) is 18.8 Å². The van der Waals surface area contributed by atoms with Gasteiger partial charge in [0.15, 0.2) is 0 Å². The molecule has 2 aromatic rings. The molecule has 1 saturated heterocycles. The summed E-state index contributed by atoms with van der Waals surface area (Å²) in [6.45, 7) is 0.876. The molecular formula is C22H33N5O4S. The van der Waals surface area contributed by atoms with Crippen molar-refractivity contribution in [3.8, 4) is 0 Å². The molecule has 2 aliphatic rings. The average Bonchev–Trinajstić information content (AvgIpc) is 3.04. The van der Waals surface area contributed by atoms with Gasteiger partial charge < -0.3 is 10.4 Å². The number of aliphatic hydroxyl groups is 1. The van der Waals surface area contributed by atoms with Gasteiger partial charge in [0, 0.05) is 55.3 Å². The molecular weight excluding hydrogens is 430 g/mol. The first-order valence-electron chi connectivity index (χ1n) is 11.6. The summed E-state index contributed by atoms with van der Waals surface area (Å²) in [5.74, 6) is 0.465. The molecule has 1 aliphatic carbocycles. The number of fused-ring (bicyclic) bond motifs is 1. The van der Waals surface area contributed by atoms with Crippen LogP contribution in [0.3, 0.4) is 0 Å². The molecule has 10 heteroatoms. The number of aliphatic hydroxyl groups excluding tert-OH is 1. The third-order valence-corrected chi connectivity index (χ3v) is 7.98. The van der Waals surface area contributed by atoms with E-state index < -0.39 is 10.0 Å². The van der Waals surface area contributed by atoms with Crippen molar-refractivity contribution in [1.29, 1.82) is 0 Å². The zero-order valence-electron chi connectivity index (χ0n) is 18.7. The molecule has 2 fully saturated rings. The van der Waals surface area contributed by atoms with Crippen LogP contribution in [0.25, 0.3) is 11.0 Å². The number of rotatable bonds is 6. The molecule has 9 nitrogen and oxygen atoms in total. The average molecular weight is 464 g/mol. The van der Waals surface area contributed by atoms with E-state index in [-0.39, 0.29) is 24.2 Å². The van der Waals surface area contributed by atoms with Gasteiger partial charge in [-0.15, -0.1) is 0 Å². The number of sulfonamides is 1. The summed E-state index contributed by atoms with van der Waals surface area (Å²) in [4.78, 5) is 22.5. The number of piperidine rings is 1. The Morgan fingerprint density at radius 2 is 1.81 bits per heavy atom. The monoisotopic (exact) mass is 463 g/mol. The van der Waals surface area contributed by atoms with Crippen molar-refractivity contribution in [2.24, 2.45) is 0 Å². The van der Waals surface area contributed by atoms with Crippen molar-refractivity contribution in [2.75, 3.05) is 31.3 Å². The van der Waals surface area contributed by atoms with Gasteiger partial charge in [0.2, 0.25) is 16.0 Å². The highest BCUT2D eigenvalue weighted by Crippen LogP contribution is 2.29. The Morgan fingerprint density at radius 3 is 2.44 bits per heavy atom. The smallest absolute Gasteiger partial charge is 0.255 e. The van der Waals surface area contributed by atoms with Crippen molar-refractivity contribution in [3.05, 3.63) is 28.2 Å². The maximum Gasteiger partial charge on any atom is 0.255 e. The molecule has 176 valence electrons. The molecule has 0 radical (unpaired) electrons. The number of hydrogen-bond acceptors (Lipinski definition) is 7. The first kappa shape index (κ1) is 23.1. The topological polar surface area (TPSA) is 117 Å². The summed E-state index contributed by atoms with van der Waals surface area (Å²) < 4.78 is 26.8. The molecule has 2 aromatic heterocycles. The molecule has 1 aliphatic heterocycles. The van der Waals surface area contributed by atoms with Crippen molar-refractivity contribution >= 4 is 27.0 Å². The highest BCUT2D eigenvalue weighted by atomic mass is 32.2. The van der Waals surface area contributed by atoms with E-state index in [0.717, 1.165) is 31.1 Å². The maximum atomic E-state index is 13.3. The van der Waals surface area contributed by atoms with E-state index >= 15 is 0 Å². The lowest BCUT2D eigenvalue weighted by Gasteiger charge is -2.30. The number of nitrogens with zero attached hydrogens (tertiary/aromatic N) is 4. The van der Waals surface area contributed by atoms with Gasteiger partial charge in [-0.3, -0.25) is 9.36 Å². The molecule has 32 heavy (non-hydrogen) atoms. The van der Waals surface area contributed by atoms with Crippen molar-refractivity contribution < 1.29 is 13.5 Å². The Kier molecular flexibility index (Phi) is 7.11. The molecule has 1 saturated carbocycles. The van der Waals surface area contributed by atoms with E-state index in [1.807, 2.05) is 4.57 Å². The number of pyridine rings is 1. The van der Waals surface area contributed by atoms with Crippen molar-refractivity contribution in [2.45, 2.75) is 69.9 Å². The third kappa shape index (κ3) is 5.13. The molecule has 0 spiro atoms. The second kappa shape index (κ2) is 9.84. The van der Waals surface area contributed by atoms with Crippen LogP contribution in [0, 0.1) is 0 Å². The number of nitrogens with one attached hydrogen (secondary N) is 1. The van der Waals surface area contributed by atoms with Gasteiger partial charge in [-0.25, -0.2) is 17.7 Å². The zero-order valence-corrected chi connectivity index (χ0v) is 19.5. The molecule has 0 atom stereocenters. The van der Waals surface area contributed by atoms with Crippen LogP contribution in [-0.2, 0) is 16.4 Å². The van der Waals surface area contributed by atoms with Crippen molar-refractivity contribution in [3.63, 3.8) is 0 Å². The predicted molar refractivity (Wildman–Crippen MR) is 124 cm³/mol. The lowest BCUT2D eigenvalue weighted by Crippen LogP contribution is -2.42. The van der Waals surface area contributed by atoms with Crippen LogP contribution < -0.4 is 10.9 Å². The van der Waals surface area contributed by atoms with Gasteiger partial charge in [-0.05, 0) is 31.7 Å². The maximum absolute atomic E-state index is 13.3. The molecule has 3 heterocycles. The number of hydrogen-bond donors (Lipinski definition) is 2. The number of anilines is 1. The van der Waals surface area contributed by atoms with E-state index in [9.17, 15) is 18.3 Å². The lowest BCUT2D eigenvalue weighted by atomic mass is 10.1. The fraction of sp³-hybridized carbons (Fsp3) is 0.682. The molecule has 0 aromatic carbocycles. The summed E-state index contributed by atoms with van der Waals surface area (Å²) in [6.07, 6.45) is 11.1. The number of aromatic nitrogens is 3. The van der Waals surface area contributed by atoms with Crippen LogP contribution in [0.1, 0.15) is 63.0 Å². The van der Waals surface area contributed by atoms with Crippen LogP contribution >= 0.6 is 0 Å². The Labute approximate surface area is 188 Å². The standard InChI is InChI=1S/C22H33N5O4S/c1-32(30,31)26-11-8-18(9-12-26)24-22-23-15-17-14-16(10-13-28)21(29)27(20(17)25-22)19-6-4-2-3-5-7-19/h14-15,18-19,28H,2-13H2,1H3,(H,23,24,25). The highest BCUT2D eigenvalue weighted by molar-refractivity contribution is 7.88. The van der Waals surface area contributed by atoms with Gasteiger partial charge in [0.25, 0.3) is 5.56 Å². The SMILES string of the molecule is CS(=O)(=O)N1CCC(Nc2ncc3cc(CCO)c(=O)n(C4CCCCCC4)c3n2)CC1. The van der Waals surface area contributed by atoms with E-state index in [0.29, 0.717) is 49.5 Å². The van der Waals surface area contributed by atoms with E-state index in [1.165, 1.54) is 23.4 Å². The Bertz CT molecular complexity index is 1100. The Hall–Kier alpha value is -2.04. The first-order chi connectivity index (χ1) is 15.4. The van der Waals surface area contributed by atoms with E-state index in [1.54, 1.807) is 12.3 Å². The summed E-state index contributed by atoms with van der Waals surface area (Å²) in [7, 11) is -3.17. The second-order valence-electron chi connectivity index (χ2n) is 9.02. The molecule has 0 unspecified atom stereocenters.